The molecule has 0 aliphatic heterocycles. The minimum atomic E-state index is -0.325. The van der Waals surface area contributed by atoms with Crippen LogP contribution in [0.25, 0.3) is 11.0 Å². The number of hydrogen-bond acceptors (Lipinski definition) is 2. The van der Waals surface area contributed by atoms with Crippen molar-refractivity contribution in [3.63, 3.8) is 0 Å². The maximum absolute atomic E-state index is 12.1. The first-order valence-corrected chi connectivity index (χ1v) is 7.26. The van der Waals surface area contributed by atoms with Gasteiger partial charge in [0.25, 0.3) is 0 Å². The van der Waals surface area contributed by atoms with Gasteiger partial charge in [0.05, 0.1) is 11.0 Å². The van der Waals surface area contributed by atoms with Crippen LogP contribution < -0.4 is 16.3 Å². The molecule has 0 saturated heterocycles. The van der Waals surface area contributed by atoms with Gasteiger partial charge in [-0.25, -0.2) is 9.59 Å². The number of anilines is 2. The Morgan fingerprint density at radius 3 is 2.13 bits per heavy atom. The smallest absolute Gasteiger partial charge is 0.308 e. The van der Waals surface area contributed by atoms with Gasteiger partial charge in [-0.2, -0.15) is 0 Å². The highest BCUT2D eigenvalue weighted by atomic mass is 16.2. The zero-order chi connectivity index (χ0) is 16.6. The fourth-order valence-electron chi connectivity index (χ4n) is 2.51. The summed E-state index contributed by atoms with van der Waals surface area (Å²) in [4.78, 5) is 24.0. The second-order valence-electron chi connectivity index (χ2n) is 5.55. The molecule has 0 fully saturated rings. The van der Waals surface area contributed by atoms with E-state index in [2.05, 4.69) is 10.6 Å². The summed E-state index contributed by atoms with van der Waals surface area (Å²) in [6, 6.07) is 12.6. The van der Waals surface area contributed by atoms with E-state index >= 15 is 0 Å². The third kappa shape index (κ3) is 2.83. The molecule has 0 spiro atoms. The number of imidazole rings is 1. The molecule has 0 aliphatic carbocycles. The summed E-state index contributed by atoms with van der Waals surface area (Å²) in [6.07, 6.45) is 0. The molecule has 23 heavy (non-hydrogen) atoms. The molecule has 0 unspecified atom stereocenters. The number of hydrogen-bond donors (Lipinski definition) is 2. The van der Waals surface area contributed by atoms with E-state index in [-0.39, 0.29) is 11.7 Å². The summed E-state index contributed by atoms with van der Waals surface area (Å²) in [5.74, 6) is 0. The molecule has 118 valence electrons. The minimum Gasteiger partial charge on any atom is -0.308 e. The summed E-state index contributed by atoms with van der Waals surface area (Å²) in [7, 11) is 3.43. The highest BCUT2D eigenvalue weighted by Gasteiger charge is 2.09. The van der Waals surface area contributed by atoms with Crippen LogP contribution in [0.5, 0.6) is 0 Å². The van der Waals surface area contributed by atoms with E-state index in [0.29, 0.717) is 5.69 Å². The number of aryl methyl sites for hydroxylation is 3. The maximum Gasteiger partial charge on any atom is 0.328 e. The molecule has 6 heteroatoms. The van der Waals surface area contributed by atoms with Gasteiger partial charge in [0, 0.05) is 25.5 Å². The van der Waals surface area contributed by atoms with Gasteiger partial charge in [-0.1, -0.05) is 17.7 Å². The van der Waals surface area contributed by atoms with Crippen LogP contribution in [0.1, 0.15) is 5.56 Å². The molecule has 1 heterocycles. The second kappa shape index (κ2) is 5.64. The topological polar surface area (TPSA) is 68.1 Å². The summed E-state index contributed by atoms with van der Waals surface area (Å²) in [6.45, 7) is 1.99. The van der Waals surface area contributed by atoms with Gasteiger partial charge in [0.15, 0.2) is 0 Å². The molecule has 0 atom stereocenters. The molecule has 0 radical (unpaired) electrons. The van der Waals surface area contributed by atoms with Crippen LogP contribution in [-0.4, -0.2) is 15.2 Å². The highest BCUT2D eigenvalue weighted by molar-refractivity contribution is 6.00. The van der Waals surface area contributed by atoms with Crippen LogP contribution in [0.4, 0.5) is 16.2 Å². The zero-order valence-electron chi connectivity index (χ0n) is 13.3. The molecule has 2 amide bonds. The minimum absolute atomic E-state index is 0.0961. The average molecular weight is 310 g/mol. The maximum atomic E-state index is 12.1. The number of carbonyl (C=O) groups is 1. The van der Waals surface area contributed by atoms with Crippen molar-refractivity contribution in [3.8, 4) is 0 Å². The lowest BCUT2D eigenvalue weighted by Gasteiger charge is -2.08. The van der Waals surface area contributed by atoms with Crippen LogP contribution in [0.15, 0.2) is 47.3 Å². The van der Waals surface area contributed by atoms with Crippen molar-refractivity contribution in [1.29, 1.82) is 0 Å². The standard InChI is InChI=1S/C17H18N4O2/c1-11-4-6-12(7-5-11)18-16(22)19-13-8-9-14-15(10-13)21(3)17(23)20(14)2/h4-10H,1-3H3,(H2,18,19,22). The largest absolute Gasteiger partial charge is 0.328 e. The molecular formula is C17H18N4O2. The predicted molar refractivity (Wildman–Crippen MR) is 92.0 cm³/mol. The van der Waals surface area contributed by atoms with E-state index in [4.69, 9.17) is 0 Å². The summed E-state index contributed by atoms with van der Waals surface area (Å²) in [5, 5.41) is 5.55. The second-order valence-corrected chi connectivity index (χ2v) is 5.55. The van der Waals surface area contributed by atoms with E-state index in [9.17, 15) is 9.59 Å². The van der Waals surface area contributed by atoms with Gasteiger partial charge in [-0.05, 0) is 37.3 Å². The number of amides is 2. The molecule has 0 bridgehead atoms. The number of nitrogens with zero attached hydrogens (tertiary/aromatic N) is 2. The lowest BCUT2D eigenvalue weighted by molar-refractivity contribution is 0.262. The number of urea groups is 1. The molecule has 2 aromatic carbocycles. The number of rotatable bonds is 2. The monoisotopic (exact) mass is 310 g/mol. The van der Waals surface area contributed by atoms with Crippen molar-refractivity contribution >= 4 is 28.4 Å². The summed E-state index contributed by atoms with van der Waals surface area (Å²) in [5.41, 5.74) is 3.98. The third-order valence-corrected chi connectivity index (χ3v) is 3.84. The first kappa shape index (κ1) is 14.9. The van der Waals surface area contributed by atoms with E-state index in [1.54, 1.807) is 35.4 Å². The van der Waals surface area contributed by atoms with Crippen LogP contribution in [0.3, 0.4) is 0 Å². The molecule has 0 saturated carbocycles. The Kier molecular flexibility index (Phi) is 3.65. The highest BCUT2D eigenvalue weighted by Crippen LogP contribution is 2.18. The van der Waals surface area contributed by atoms with E-state index in [1.165, 1.54) is 0 Å². The lowest BCUT2D eigenvalue weighted by Crippen LogP contribution is -2.19. The van der Waals surface area contributed by atoms with Gasteiger partial charge in [0.2, 0.25) is 0 Å². The fourth-order valence-corrected chi connectivity index (χ4v) is 2.51. The molecule has 1 aromatic heterocycles. The predicted octanol–water partition coefficient (Wildman–Crippen LogP) is 2.83. The molecule has 0 aliphatic rings. The van der Waals surface area contributed by atoms with Crippen LogP contribution >= 0.6 is 0 Å². The fraction of sp³-hybridized carbons (Fsp3) is 0.176. The van der Waals surface area contributed by atoms with Gasteiger partial charge < -0.3 is 10.6 Å². The average Bonchev–Trinajstić information content (AvgIpc) is 2.74. The molecular weight excluding hydrogens is 292 g/mol. The molecule has 2 N–H and O–H groups in total. The van der Waals surface area contributed by atoms with Crippen molar-refractivity contribution in [2.24, 2.45) is 14.1 Å². The Hall–Kier alpha value is -3.02. The van der Waals surface area contributed by atoms with Crippen molar-refractivity contribution < 1.29 is 4.79 Å². The van der Waals surface area contributed by atoms with Crippen LogP contribution in [0, 0.1) is 6.92 Å². The van der Waals surface area contributed by atoms with E-state index < -0.39 is 0 Å². The van der Waals surface area contributed by atoms with Gasteiger partial charge >= 0.3 is 11.7 Å². The Balaban J connectivity index is 1.81. The molecule has 6 nitrogen and oxygen atoms in total. The molecule has 3 aromatic rings. The Morgan fingerprint density at radius 2 is 1.43 bits per heavy atom. The number of benzene rings is 2. The van der Waals surface area contributed by atoms with Crippen molar-refractivity contribution in [3.05, 3.63) is 58.5 Å². The Labute approximate surface area is 133 Å². The first-order chi connectivity index (χ1) is 11.0. The van der Waals surface area contributed by atoms with Gasteiger partial charge in [-0.15, -0.1) is 0 Å². The quantitative estimate of drug-likeness (QED) is 0.764. The number of fused-ring (bicyclic) bond motifs is 1. The molecule has 3 rings (SSSR count). The summed E-state index contributed by atoms with van der Waals surface area (Å²) < 4.78 is 3.13. The van der Waals surface area contributed by atoms with Gasteiger partial charge in [0.1, 0.15) is 0 Å². The number of nitrogens with one attached hydrogen (secondary N) is 2. The van der Waals surface area contributed by atoms with Crippen molar-refractivity contribution in [1.82, 2.24) is 9.13 Å². The lowest BCUT2D eigenvalue weighted by atomic mass is 10.2. The van der Waals surface area contributed by atoms with Gasteiger partial charge in [-0.3, -0.25) is 9.13 Å². The Bertz CT molecular complexity index is 936. The normalized spacial score (nSPS) is 10.7. The SMILES string of the molecule is Cc1ccc(NC(=O)Nc2ccc3c(c2)n(C)c(=O)n3C)cc1. The number of carbonyl (C=O) groups excluding carboxylic acids is 1. The van der Waals surface area contributed by atoms with E-state index in [0.717, 1.165) is 22.3 Å². The summed E-state index contributed by atoms with van der Waals surface area (Å²) >= 11 is 0. The van der Waals surface area contributed by atoms with Crippen LogP contribution in [0.2, 0.25) is 0 Å². The Morgan fingerprint density at radius 1 is 0.870 bits per heavy atom. The van der Waals surface area contributed by atoms with Crippen molar-refractivity contribution in [2.75, 3.05) is 10.6 Å². The van der Waals surface area contributed by atoms with Crippen LogP contribution in [-0.2, 0) is 14.1 Å². The van der Waals surface area contributed by atoms with E-state index in [1.807, 2.05) is 37.3 Å². The zero-order valence-corrected chi connectivity index (χ0v) is 13.3. The first-order valence-electron chi connectivity index (χ1n) is 7.26. The van der Waals surface area contributed by atoms with Crippen molar-refractivity contribution in [2.45, 2.75) is 6.92 Å². The number of aromatic nitrogens is 2. The third-order valence-electron chi connectivity index (χ3n) is 3.84.